The largest absolute Gasteiger partial charge is 0.444 e. The molecule has 0 aromatic carbocycles. The summed E-state index contributed by atoms with van der Waals surface area (Å²) in [5.74, 6) is 1.31. The van der Waals surface area contributed by atoms with Gasteiger partial charge in [-0.05, 0) is 111 Å². The number of H-pyrrole nitrogens is 2. The van der Waals surface area contributed by atoms with Gasteiger partial charge in [0.05, 0.1) is 51.2 Å². The average Bonchev–Trinajstić information content (AvgIpc) is 4.32. The maximum Gasteiger partial charge on any atom is 0.419 e. The summed E-state index contributed by atoms with van der Waals surface area (Å²) < 4.78 is 58.2. The van der Waals surface area contributed by atoms with Crippen LogP contribution >= 0.6 is 0 Å². The first-order valence-electron chi connectivity index (χ1n) is 26.4. The summed E-state index contributed by atoms with van der Waals surface area (Å²) in [7, 11) is 6.88. The minimum absolute atomic E-state index is 0.0391. The number of likely N-dealkylation sites (tertiary alicyclic amines) is 1. The van der Waals surface area contributed by atoms with Gasteiger partial charge in [-0.2, -0.15) is 13.2 Å². The first-order valence-corrected chi connectivity index (χ1v) is 26.4. The molecule has 21 nitrogen and oxygen atoms in total. The lowest BCUT2D eigenvalue weighted by Crippen LogP contribution is -2.53. The summed E-state index contributed by atoms with van der Waals surface area (Å²) >= 11 is 0. The molecule has 4 atom stereocenters. The van der Waals surface area contributed by atoms with Crippen molar-refractivity contribution in [3.63, 3.8) is 0 Å². The number of ether oxygens (including phenoxy) is 1. The fourth-order valence-corrected chi connectivity index (χ4v) is 10.5. The van der Waals surface area contributed by atoms with Crippen LogP contribution in [0.5, 0.6) is 0 Å². The zero-order valence-electron chi connectivity index (χ0n) is 46.9. The van der Waals surface area contributed by atoms with Crippen molar-refractivity contribution in [2.45, 2.75) is 111 Å². The number of alkyl halides is 3. The molecule has 2 fully saturated rings. The lowest BCUT2D eigenvalue weighted by Gasteiger charge is -2.38. The molecule has 0 bridgehead atoms. The van der Waals surface area contributed by atoms with Crippen molar-refractivity contribution in [3.8, 4) is 45.0 Å². The highest BCUT2D eigenvalue weighted by Crippen LogP contribution is 2.40. The molecular formula is C56H66F3N15O6. The van der Waals surface area contributed by atoms with Crippen LogP contribution in [0.1, 0.15) is 86.9 Å². The number of nitrogens with one attached hydrogen (secondary N) is 4. The van der Waals surface area contributed by atoms with Crippen molar-refractivity contribution < 1.29 is 41.3 Å². The zero-order chi connectivity index (χ0) is 57.5. The van der Waals surface area contributed by atoms with Crippen molar-refractivity contribution in [3.05, 3.63) is 83.1 Å². The normalized spacial score (nSPS) is 17.7. The van der Waals surface area contributed by atoms with Gasteiger partial charge in [0.25, 0.3) is 0 Å². The van der Waals surface area contributed by atoms with Crippen molar-refractivity contribution >= 4 is 51.9 Å². The van der Waals surface area contributed by atoms with E-state index in [1.165, 1.54) is 6.20 Å². The number of aryl methyl sites for hydroxylation is 5. The fourth-order valence-electron chi connectivity index (χ4n) is 10.5. The predicted molar refractivity (Wildman–Crippen MR) is 294 cm³/mol. The predicted octanol–water partition coefficient (Wildman–Crippen LogP) is 10.1. The number of piperidine rings is 1. The monoisotopic (exact) mass is 1100 g/mol. The quantitative estimate of drug-likeness (QED) is 0.0993. The van der Waals surface area contributed by atoms with E-state index in [2.05, 4.69) is 50.9 Å². The zero-order valence-corrected chi connectivity index (χ0v) is 46.9. The summed E-state index contributed by atoms with van der Waals surface area (Å²) in [5.41, 5.74) is 6.58. The van der Waals surface area contributed by atoms with Gasteiger partial charge in [-0.15, -0.1) is 0 Å². The van der Waals surface area contributed by atoms with Crippen LogP contribution in [0.3, 0.4) is 0 Å². The molecule has 9 heterocycles. The number of rotatable bonds is 10. The lowest BCUT2D eigenvalue weighted by molar-refractivity contribution is -0.137. The number of carbonyl (C=O) groups excluding carboxylic acids is 3. The summed E-state index contributed by atoms with van der Waals surface area (Å²) in [6.45, 7) is 15.4. The standard InChI is InChI=1S/C30H38N8O4.C26H28F3N7O2/c1-16-12-32-28(33-20-11-19(27(39)37(7)8)14-38(15-20)29(40)41-30(4,5)6)35-25(16)22-13-31-26-21(22)9-10-23(34-26)24-17(2)36-42-18(24)3;1-13-21(14(2)38-35-13)20-9-8-17-18(11-30-23(17)33-20)22-19(26(27,28)29)12-31-25(34-22)32-16-7-5-6-15(10-16)24(37)36(3)4/h9-10,12-13,19-20H,11,14-15H2,1-8H3,(H,31,34)(H,32,33,35);8-9,11-12,15-16H,5-7,10H2,1-4H3,(H,30,33)(H,31,32,34)/t19-,20+;15-,16+/m10/s1. The van der Waals surface area contributed by atoms with Gasteiger partial charge in [0.1, 0.15) is 34.0 Å². The summed E-state index contributed by atoms with van der Waals surface area (Å²) in [6.07, 6.45) is 4.33. The molecule has 422 valence electrons. The van der Waals surface area contributed by atoms with Gasteiger partial charge in [0.2, 0.25) is 23.7 Å². The number of pyridine rings is 2. The van der Waals surface area contributed by atoms with Crippen LogP contribution in [-0.4, -0.2) is 142 Å². The average molecular weight is 1100 g/mol. The highest BCUT2D eigenvalue weighted by molar-refractivity contribution is 5.96. The third-order valence-electron chi connectivity index (χ3n) is 14.3. The second kappa shape index (κ2) is 22.4. The Bertz CT molecular complexity index is 3560. The topological polar surface area (TPSA) is 255 Å². The number of anilines is 2. The number of carbonyl (C=O) groups is 3. The Hall–Kier alpha value is -8.44. The van der Waals surface area contributed by atoms with E-state index in [-0.39, 0.29) is 52.9 Å². The van der Waals surface area contributed by atoms with Crippen LogP contribution in [0, 0.1) is 46.5 Å². The van der Waals surface area contributed by atoms with E-state index in [9.17, 15) is 27.6 Å². The second-order valence-corrected chi connectivity index (χ2v) is 22.0. The number of aromatic nitrogens is 10. The maximum absolute atomic E-state index is 14.0. The van der Waals surface area contributed by atoms with E-state index >= 15 is 0 Å². The number of fused-ring (bicyclic) bond motifs is 2. The molecule has 8 aromatic heterocycles. The van der Waals surface area contributed by atoms with Crippen LogP contribution < -0.4 is 10.6 Å². The van der Waals surface area contributed by atoms with Gasteiger partial charge in [0.15, 0.2) is 0 Å². The number of amides is 3. The SMILES string of the molecule is Cc1cnc(N[C@H]2C[C@@H](C(=O)N(C)C)CN(C(=O)OC(C)(C)C)C2)nc1-c1c[nH]c2nc(-c3c(C)noc3C)ccc12.Cc1noc(C)c1-c1ccc2c(-c3nc(N[C@@H]4CCC[C@H](C(=O)N(C)C)C4)ncc3C(F)(F)F)c[nH]c2n1. The molecule has 8 aromatic rings. The van der Waals surface area contributed by atoms with Gasteiger partial charge >= 0.3 is 12.3 Å². The molecule has 10 rings (SSSR count). The van der Waals surface area contributed by atoms with E-state index in [1.807, 2.05) is 59.9 Å². The van der Waals surface area contributed by atoms with Crippen LogP contribution in [-0.2, 0) is 20.5 Å². The molecule has 0 radical (unpaired) electrons. The Morgan fingerprint density at radius 2 is 1.19 bits per heavy atom. The van der Waals surface area contributed by atoms with Gasteiger partial charge in [0, 0.05) is 106 Å². The molecule has 4 N–H and O–H groups in total. The Morgan fingerprint density at radius 3 is 1.71 bits per heavy atom. The molecule has 1 aliphatic carbocycles. The van der Waals surface area contributed by atoms with Crippen LogP contribution in [0.15, 0.2) is 58.1 Å². The molecule has 2 aliphatic rings. The Balaban J connectivity index is 0.000000195. The number of hydrogen-bond acceptors (Lipinski definition) is 16. The third-order valence-corrected chi connectivity index (χ3v) is 14.3. The summed E-state index contributed by atoms with van der Waals surface area (Å²) in [4.78, 5) is 76.5. The van der Waals surface area contributed by atoms with Crippen LogP contribution in [0.25, 0.3) is 67.1 Å². The molecule has 3 amide bonds. The van der Waals surface area contributed by atoms with Crippen molar-refractivity contribution in [1.29, 1.82) is 0 Å². The van der Waals surface area contributed by atoms with Gasteiger partial charge < -0.3 is 49.1 Å². The highest BCUT2D eigenvalue weighted by atomic mass is 19.4. The minimum atomic E-state index is -4.66. The molecule has 0 spiro atoms. The molecule has 1 saturated carbocycles. The van der Waals surface area contributed by atoms with Crippen LogP contribution in [0.2, 0.25) is 0 Å². The molecular weight excluding hydrogens is 1040 g/mol. The molecule has 1 aliphatic heterocycles. The number of hydrogen-bond donors (Lipinski definition) is 4. The van der Waals surface area contributed by atoms with Crippen molar-refractivity contribution in [2.24, 2.45) is 11.8 Å². The Labute approximate surface area is 459 Å². The van der Waals surface area contributed by atoms with Gasteiger partial charge in [-0.1, -0.05) is 16.7 Å². The molecule has 1 saturated heterocycles. The number of halogens is 3. The molecule has 0 unspecified atom stereocenters. The van der Waals surface area contributed by atoms with Crippen LogP contribution in [0.4, 0.5) is 29.9 Å². The van der Waals surface area contributed by atoms with E-state index < -0.39 is 23.4 Å². The van der Waals surface area contributed by atoms with E-state index in [4.69, 9.17) is 23.8 Å². The first kappa shape index (κ1) is 56.3. The highest BCUT2D eigenvalue weighted by Gasteiger charge is 2.39. The van der Waals surface area contributed by atoms with Crippen molar-refractivity contribution in [2.75, 3.05) is 51.9 Å². The summed E-state index contributed by atoms with van der Waals surface area (Å²) in [5, 5.41) is 16.0. The maximum atomic E-state index is 14.0. The smallest absolute Gasteiger partial charge is 0.419 e. The van der Waals surface area contributed by atoms with E-state index in [0.29, 0.717) is 60.1 Å². The first-order chi connectivity index (χ1) is 37.8. The Morgan fingerprint density at radius 1 is 0.675 bits per heavy atom. The van der Waals surface area contributed by atoms with E-state index in [0.717, 1.165) is 81.6 Å². The van der Waals surface area contributed by atoms with Gasteiger partial charge in [-0.25, -0.2) is 34.7 Å². The number of nitrogens with zero attached hydrogens (tertiary/aromatic N) is 11. The fraction of sp³-hybridized carbons (Fsp3) is 0.446. The molecule has 24 heteroatoms. The summed E-state index contributed by atoms with van der Waals surface area (Å²) in [6, 6.07) is 7.04. The second-order valence-electron chi connectivity index (χ2n) is 22.0. The van der Waals surface area contributed by atoms with Gasteiger partial charge in [-0.3, -0.25) is 9.59 Å². The third kappa shape index (κ3) is 12.1. The minimum Gasteiger partial charge on any atom is -0.444 e. The van der Waals surface area contributed by atoms with Crippen molar-refractivity contribution in [1.82, 2.24) is 64.9 Å². The number of aromatic amines is 2. The van der Waals surface area contributed by atoms with E-state index in [1.54, 1.807) is 75.1 Å². The Kier molecular flexibility index (Phi) is 15.7. The lowest BCUT2D eigenvalue weighted by atomic mass is 9.85. The molecule has 80 heavy (non-hydrogen) atoms.